The van der Waals surface area contributed by atoms with Crippen LogP contribution in [0.2, 0.25) is 10.0 Å². The van der Waals surface area contributed by atoms with Crippen molar-refractivity contribution in [2.45, 2.75) is 57.4 Å². The quantitative estimate of drug-likeness (QED) is 0.416. The molecule has 1 aromatic carbocycles. The molecule has 186 valence electrons. The SMILES string of the molecule is O=C(CC[C@H](NC(=O)c1c(Cl)cccc1Cl)C(=O)O)CNC(=O)CCc1ccc2c(n1)CCCC2. The van der Waals surface area contributed by atoms with E-state index in [1.807, 2.05) is 6.07 Å². The molecule has 0 aliphatic heterocycles. The van der Waals surface area contributed by atoms with Crippen LogP contribution in [-0.4, -0.2) is 46.2 Å². The number of Topliss-reactive ketones (excluding diaryl/α,β-unsaturated/α-hetero) is 1. The molecule has 0 radical (unpaired) electrons. The number of nitrogens with zero attached hydrogens (tertiary/aromatic N) is 1. The first-order chi connectivity index (χ1) is 16.7. The zero-order valence-corrected chi connectivity index (χ0v) is 20.6. The normalized spacial score (nSPS) is 13.4. The van der Waals surface area contributed by atoms with Crippen LogP contribution in [0, 0.1) is 0 Å². The molecule has 10 heteroatoms. The summed E-state index contributed by atoms with van der Waals surface area (Å²) in [6.07, 6.45) is 4.72. The van der Waals surface area contributed by atoms with Gasteiger partial charge in [-0.25, -0.2) is 4.79 Å². The third-order valence-electron chi connectivity index (χ3n) is 5.83. The third-order valence-corrected chi connectivity index (χ3v) is 6.46. The van der Waals surface area contributed by atoms with E-state index in [1.165, 1.54) is 24.1 Å². The molecule has 1 aliphatic carbocycles. The Morgan fingerprint density at radius 1 is 1.00 bits per heavy atom. The summed E-state index contributed by atoms with van der Waals surface area (Å²) in [6, 6.07) is 7.20. The van der Waals surface area contributed by atoms with E-state index < -0.39 is 17.9 Å². The lowest BCUT2D eigenvalue weighted by Crippen LogP contribution is -2.41. The Kier molecular flexibility index (Phi) is 9.63. The maximum atomic E-state index is 12.4. The Balaban J connectivity index is 1.42. The molecular formula is C25H27Cl2N3O5. The summed E-state index contributed by atoms with van der Waals surface area (Å²) in [4.78, 5) is 53.0. The minimum atomic E-state index is -1.32. The first-order valence-electron chi connectivity index (χ1n) is 11.5. The van der Waals surface area contributed by atoms with E-state index in [-0.39, 0.29) is 53.1 Å². The van der Waals surface area contributed by atoms with Gasteiger partial charge in [0.05, 0.1) is 22.2 Å². The Morgan fingerprint density at radius 2 is 1.71 bits per heavy atom. The van der Waals surface area contributed by atoms with Gasteiger partial charge in [-0.2, -0.15) is 0 Å². The fourth-order valence-electron chi connectivity index (χ4n) is 3.89. The fourth-order valence-corrected chi connectivity index (χ4v) is 4.46. The molecule has 0 saturated heterocycles. The number of hydrogen-bond acceptors (Lipinski definition) is 5. The average Bonchev–Trinajstić information content (AvgIpc) is 2.83. The molecule has 0 bridgehead atoms. The van der Waals surface area contributed by atoms with Crippen molar-refractivity contribution in [1.29, 1.82) is 0 Å². The van der Waals surface area contributed by atoms with Gasteiger partial charge in [-0.3, -0.25) is 19.4 Å². The van der Waals surface area contributed by atoms with Gasteiger partial charge in [-0.15, -0.1) is 0 Å². The number of hydrogen-bond donors (Lipinski definition) is 3. The van der Waals surface area contributed by atoms with Gasteiger partial charge in [0.25, 0.3) is 5.91 Å². The summed E-state index contributed by atoms with van der Waals surface area (Å²) in [5, 5.41) is 14.5. The number of aryl methyl sites for hydroxylation is 3. The summed E-state index contributed by atoms with van der Waals surface area (Å²) in [5.41, 5.74) is 3.21. The highest BCUT2D eigenvalue weighted by Gasteiger charge is 2.24. The summed E-state index contributed by atoms with van der Waals surface area (Å²) >= 11 is 12.0. The van der Waals surface area contributed by atoms with Gasteiger partial charge in [-0.05, 0) is 62.3 Å². The maximum Gasteiger partial charge on any atom is 0.326 e. The zero-order valence-electron chi connectivity index (χ0n) is 19.1. The van der Waals surface area contributed by atoms with Crippen LogP contribution in [0.1, 0.15) is 59.4 Å². The first-order valence-corrected chi connectivity index (χ1v) is 12.2. The number of nitrogens with one attached hydrogen (secondary N) is 2. The van der Waals surface area contributed by atoms with Crippen LogP contribution in [-0.2, 0) is 33.6 Å². The lowest BCUT2D eigenvalue weighted by molar-refractivity contribution is -0.139. The van der Waals surface area contributed by atoms with E-state index in [4.69, 9.17) is 23.2 Å². The van der Waals surface area contributed by atoms with Gasteiger partial charge in [0.2, 0.25) is 5.91 Å². The zero-order chi connectivity index (χ0) is 25.4. The average molecular weight is 520 g/mol. The second-order valence-corrected chi connectivity index (χ2v) is 9.24. The second kappa shape index (κ2) is 12.7. The number of ketones is 1. The summed E-state index contributed by atoms with van der Waals surface area (Å²) in [6.45, 7) is -0.215. The molecule has 0 spiro atoms. The van der Waals surface area contributed by atoms with Crippen LogP contribution in [0.4, 0.5) is 0 Å². The number of benzene rings is 1. The molecule has 1 atom stereocenters. The number of fused-ring (bicyclic) bond motifs is 1. The summed E-state index contributed by atoms with van der Waals surface area (Å²) in [5.74, 6) is -2.67. The van der Waals surface area contributed by atoms with Crippen molar-refractivity contribution in [3.8, 4) is 0 Å². The van der Waals surface area contributed by atoms with Crippen molar-refractivity contribution in [3.05, 3.63) is 62.9 Å². The van der Waals surface area contributed by atoms with E-state index in [9.17, 15) is 24.3 Å². The Morgan fingerprint density at radius 3 is 2.43 bits per heavy atom. The van der Waals surface area contributed by atoms with Gasteiger partial charge in [0, 0.05) is 24.2 Å². The van der Waals surface area contributed by atoms with Gasteiger partial charge in [0.1, 0.15) is 6.04 Å². The fraction of sp³-hybridized carbons (Fsp3) is 0.400. The lowest BCUT2D eigenvalue weighted by atomic mass is 9.95. The molecule has 3 N–H and O–H groups in total. The van der Waals surface area contributed by atoms with Crippen LogP contribution in [0.3, 0.4) is 0 Å². The summed E-state index contributed by atoms with van der Waals surface area (Å²) in [7, 11) is 0. The summed E-state index contributed by atoms with van der Waals surface area (Å²) < 4.78 is 0. The molecule has 35 heavy (non-hydrogen) atoms. The molecule has 0 unspecified atom stereocenters. The largest absolute Gasteiger partial charge is 0.480 e. The van der Waals surface area contributed by atoms with Crippen molar-refractivity contribution in [2.75, 3.05) is 6.54 Å². The lowest BCUT2D eigenvalue weighted by Gasteiger charge is -2.16. The minimum absolute atomic E-state index is 0.0333. The standard InChI is InChI=1S/C25H27Cl2N3O5/c26-18-5-3-6-19(27)23(18)24(33)30-21(25(34)35)12-11-17(31)14-28-22(32)13-10-16-9-8-15-4-1-2-7-20(15)29-16/h3,5-6,8-9,21H,1-2,4,7,10-14H2,(H,28,32)(H,30,33)(H,34,35)/t21-/m0/s1. The molecule has 0 saturated carbocycles. The Labute approximate surface area is 213 Å². The van der Waals surface area contributed by atoms with E-state index in [0.29, 0.717) is 6.42 Å². The molecular weight excluding hydrogens is 493 g/mol. The number of aliphatic carboxylic acids is 1. The highest BCUT2D eigenvalue weighted by molar-refractivity contribution is 6.39. The highest BCUT2D eigenvalue weighted by atomic mass is 35.5. The number of carbonyl (C=O) groups is 4. The van der Waals surface area contributed by atoms with Crippen LogP contribution >= 0.6 is 23.2 Å². The van der Waals surface area contributed by atoms with Crippen molar-refractivity contribution in [2.24, 2.45) is 0 Å². The predicted molar refractivity (Wildman–Crippen MR) is 132 cm³/mol. The molecule has 2 amide bonds. The van der Waals surface area contributed by atoms with Gasteiger partial charge in [0.15, 0.2) is 5.78 Å². The monoisotopic (exact) mass is 519 g/mol. The number of amides is 2. The number of aromatic nitrogens is 1. The van der Waals surface area contributed by atoms with E-state index in [0.717, 1.165) is 30.7 Å². The molecule has 1 heterocycles. The van der Waals surface area contributed by atoms with Crippen molar-refractivity contribution in [1.82, 2.24) is 15.6 Å². The second-order valence-electron chi connectivity index (χ2n) is 8.43. The number of carboxylic acid groups (broad SMARTS) is 1. The van der Waals surface area contributed by atoms with E-state index in [2.05, 4.69) is 21.7 Å². The van der Waals surface area contributed by atoms with Gasteiger partial charge in [-0.1, -0.05) is 35.3 Å². The van der Waals surface area contributed by atoms with Crippen molar-refractivity contribution in [3.63, 3.8) is 0 Å². The van der Waals surface area contributed by atoms with Crippen LogP contribution < -0.4 is 10.6 Å². The number of carbonyl (C=O) groups excluding carboxylic acids is 3. The molecule has 2 aromatic rings. The van der Waals surface area contributed by atoms with E-state index >= 15 is 0 Å². The molecule has 1 aliphatic rings. The van der Waals surface area contributed by atoms with Crippen LogP contribution in [0.15, 0.2) is 30.3 Å². The van der Waals surface area contributed by atoms with Gasteiger partial charge < -0.3 is 15.7 Å². The topological polar surface area (TPSA) is 125 Å². The Bertz CT molecular complexity index is 1100. The first kappa shape index (κ1) is 26.6. The smallest absolute Gasteiger partial charge is 0.326 e. The molecule has 0 fully saturated rings. The van der Waals surface area contributed by atoms with Crippen LogP contribution in [0.5, 0.6) is 0 Å². The molecule has 1 aromatic heterocycles. The molecule has 3 rings (SSSR count). The maximum absolute atomic E-state index is 12.4. The third kappa shape index (κ3) is 7.77. The van der Waals surface area contributed by atoms with Crippen LogP contribution in [0.25, 0.3) is 0 Å². The number of carboxylic acids is 1. The van der Waals surface area contributed by atoms with E-state index in [1.54, 1.807) is 6.07 Å². The number of halogens is 2. The Hall–Kier alpha value is -2.97. The predicted octanol–water partition coefficient (Wildman–Crippen LogP) is 3.55. The highest BCUT2D eigenvalue weighted by Crippen LogP contribution is 2.24. The number of pyridine rings is 1. The number of rotatable bonds is 11. The van der Waals surface area contributed by atoms with Crippen molar-refractivity contribution < 1.29 is 24.3 Å². The van der Waals surface area contributed by atoms with Crippen molar-refractivity contribution >= 4 is 46.8 Å². The minimum Gasteiger partial charge on any atom is -0.480 e. The molecule has 8 nitrogen and oxygen atoms in total. The van der Waals surface area contributed by atoms with Gasteiger partial charge >= 0.3 is 5.97 Å².